The lowest BCUT2D eigenvalue weighted by Gasteiger charge is -2.22. The molecular formula is C16H34N4O4S. The monoisotopic (exact) mass is 378 g/mol. The quantitative estimate of drug-likeness (QED) is 0.602. The highest BCUT2D eigenvalue weighted by Crippen LogP contribution is 2.08. The number of carbonyl (C=O) groups excluding carboxylic acids is 3. The van der Waals surface area contributed by atoms with E-state index < -0.39 is 17.7 Å². The van der Waals surface area contributed by atoms with Gasteiger partial charge < -0.3 is 25.6 Å². The third-order valence-electron chi connectivity index (χ3n) is 2.60. The van der Waals surface area contributed by atoms with Gasteiger partial charge in [-0.15, -0.1) is 0 Å². The maximum absolute atomic E-state index is 11.5. The normalized spacial score (nSPS) is 11.7. The number of hydrogen-bond donors (Lipinski definition) is 3. The van der Waals surface area contributed by atoms with Crippen LogP contribution < -0.4 is 16.0 Å². The van der Waals surface area contributed by atoms with Gasteiger partial charge in [-0.25, -0.2) is 4.79 Å². The first-order valence-corrected chi connectivity index (χ1v) is 9.41. The lowest BCUT2D eigenvalue weighted by atomic mass is 10.2. The highest BCUT2D eigenvalue weighted by molar-refractivity contribution is 7.98. The molecule has 0 aliphatic rings. The Hall–Kier alpha value is -1.48. The van der Waals surface area contributed by atoms with Crippen LogP contribution in [0.25, 0.3) is 0 Å². The van der Waals surface area contributed by atoms with Crippen LogP contribution in [0.1, 0.15) is 27.2 Å². The molecule has 3 N–H and O–H groups in total. The molecule has 1 atom stereocenters. The minimum Gasteiger partial charge on any atom is -0.444 e. The first kappa shape index (κ1) is 25.8. The Morgan fingerprint density at radius 1 is 1.12 bits per heavy atom. The summed E-state index contributed by atoms with van der Waals surface area (Å²) in [4.78, 5) is 35.3. The highest BCUT2D eigenvalue weighted by atomic mass is 32.2. The molecule has 0 spiro atoms. The van der Waals surface area contributed by atoms with E-state index in [1.807, 2.05) is 25.3 Å². The van der Waals surface area contributed by atoms with Crippen molar-refractivity contribution in [3.05, 3.63) is 0 Å². The van der Waals surface area contributed by atoms with Gasteiger partial charge in [-0.1, -0.05) is 0 Å². The minimum absolute atomic E-state index is 0.0509. The van der Waals surface area contributed by atoms with Crippen LogP contribution in [0.4, 0.5) is 4.79 Å². The molecule has 0 aliphatic heterocycles. The molecule has 0 aromatic rings. The van der Waals surface area contributed by atoms with Gasteiger partial charge in [0, 0.05) is 14.1 Å². The lowest BCUT2D eigenvalue weighted by molar-refractivity contribution is -0.123. The molecule has 0 aromatic heterocycles. The smallest absolute Gasteiger partial charge is 0.408 e. The average Bonchev–Trinajstić information content (AvgIpc) is 2.48. The van der Waals surface area contributed by atoms with E-state index in [2.05, 4.69) is 16.0 Å². The molecule has 0 radical (unpaired) electrons. The third-order valence-corrected chi connectivity index (χ3v) is 3.25. The SMILES string of the molecule is CNC(=O)C(CCSC)NC(=O)OC(C)(C)C.CNC(=O)CN(C)C. The topological polar surface area (TPSA) is 99.8 Å². The van der Waals surface area contributed by atoms with Crippen molar-refractivity contribution < 1.29 is 19.1 Å². The summed E-state index contributed by atoms with van der Waals surface area (Å²) < 4.78 is 5.11. The van der Waals surface area contributed by atoms with Crippen molar-refractivity contribution in [2.45, 2.75) is 38.8 Å². The predicted octanol–water partition coefficient (Wildman–Crippen LogP) is 0.673. The van der Waals surface area contributed by atoms with Crippen LogP contribution in [0.15, 0.2) is 0 Å². The van der Waals surface area contributed by atoms with Gasteiger partial charge in [0.05, 0.1) is 6.54 Å². The van der Waals surface area contributed by atoms with Crippen LogP contribution in [0, 0.1) is 0 Å². The number of hydrogen-bond acceptors (Lipinski definition) is 6. The zero-order chi connectivity index (χ0) is 20.0. The van der Waals surface area contributed by atoms with Gasteiger partial charge in [0.25, 0.3) is 0 Å². The molecule has 0 fully saturated rings. The standard InChI is InChI=1S/C11H22N2O3S.C5H12N2O/c1-11(2,3)16-10(15)13-8(6-7-17-5)9(14)12-4;1-6-5(8)4-7(2)3/h8H,6-7H2,1-5H3,(H,12,14)(H,13,15);4H2,1-3H3,(H,6,8). The summed E-state index contributed by atoms with van der Waals surface area (Å²) in [6.07, 6.45) is 1.97. The summed E-state index contributed by atoms with van der Waals surface area (Å²) in [5.41, 5.74) is -0.559. The van der Waals surface area contributed by atoms with Crippen LogP contribution in [0.3, 0.4) is 0 Å². The van der Waals surface area contributed by atoms with Crippen LogP contribution >= 0.6 is 11.8 Å². The fraction of sp³-hybridized carbons (Fsp3) is 0.812. The summed E-state index contributed by atoms with van der Waals surface area (Å²) in [7, 11) is 6.89. The van der Waals surface area contributed by atoms with Crippen LogP contribution in [0.2, 0.25) is 0 Å². The molecule has 3 amide bonds. The Labute approximate surface area is 155 Å². The molecule has 8 nitrogen and oxygen atoms in total. The van der Waals surface area contributed by atoms with Gasteiger partial charge >= 0.3 is 6.09 Å². The van der Waals surface area contributed by atoms with Crippen molar-refractivity contribution >= 4 is 29.7 Å². The number of nitrogens with one attached hydrogen (secondary N) is 3. The molecule has 25 heavy (non-hydrogen) atoms. The minimum atomic E-state index is -0.563. The fourth-order valence-corrected chi connectivity index (χ4v) is 1.97. The van der Waals surface area contributed by atoms with E-state index in [0.29, 0.717) is 13.0 Å². The van der Waals surface area contributed by atoms with Crippen molar-refractivity contribution in [2.75, 3.05) is 46.7 Å². The summed E-state index contributed by atoms with van der Waals surface area (Å²) in [6.45, 7) is 5.81. The molecule has 148 valence electrons. The number of thioether (sulfide) groups is 1. The molecule has 9 heteroatoms. The van der Waals surface area contributed by atoms with Crippen molar-refractivity contribution in [2.24, 2.45) is 0 Å². The zero-order valence-electron chi connectivity index (χ0n) is 16.7. The van der Waals surface area contributed by atoms with Gasteiger partial charge in [-0.3, -0.25) is 9.59 Å². The van der Waals surface area contributed by atoms with Gasteiger partial charge in [-0.05, 0) is 53.3 Å². The van der Waals surface area contributed by atoms with E-state index in [4.69, 9.17) is 4.74 Å². The Morgan fingerprint density at radius 2 is 1.68 bits per heavy atom. The molecule has 0 aliphatic carbocycles. The molecule has 0 saturated carbocycles. The number of alkyl carbamates (subject to hydrolysis) is 1. The number of carbonyl (C=O) groups is 3. The number of rotatable bonds is 7. The third kappa shape index (κ3) is 17.1. The van der Waals surface area contributed by atoms with Crippen LogP contribution in [-0.2, 0) is 14.3 Å². The first-order valence-electron chi connectivity index (χ1n) is 8.02. The van der Waals surface area contributed by atoms with Gasteiger partial charge in [-0.2, -0.15) is 11.8 Å². The molecule has 0 heterocycles. The van der Waals surface area contributed by atoms with Crippen LogP contribution in [0.5, 0.6) is 0 Å². The number of amides is 3. The molecule has 1 unspecified atom stereocenters. The summed E-state index contributed by atoms with van der Waals surface area (Å²) in [6, 6.07) is -0.540. The average molecular weight is 379 g/mol. The van der Waals surface area contributed by atoms with Crippen LogP contribution in [-0.4, -0.2) is 81.2 Å². The Kier molecular flexibility index (Phi) is 14.2. The highest BCUT2D eigenvalue weighted by Gasteiger charge is 2.23. The second-order valence-corrected chi connectivity index (χ2v) is 7.49. The fourth-order valence-electron chi connectivity index (χ4n) is 1.49. The predicted molar refractivity (Wildman–Crippen MR) is 103 cm³/mol. The first-order chi connectivity index (χ1) is 11.5. The van der Waals surface area contributed by atoms with Crippen molar-refractivity contribution in [3.8, 4) is 0 Å². The summed E-state index contributed by atoms with van der Waals surface area (Å²) in [5.74, 6) is 0.647. The van der Waals surface area contributed by atoms with E-state index in [9.17, 15) is 14.4 Å². The van der Waals surface area contributed by atoms with E-state index in [1.165, 1.54) is 0 Å². The van der Waals surface area contributed by atoms with Gasteiger partial charge in [0.2, 0.25) is 11.8 Å². The molecule has 0 bridgehead atoms. The maximum atomic E-state index is 11.5. The van der Waals surface area contributed by atoms with Gasteiger partial charge in [0.15, 0.2) is 0 Å². The second kappa shape index (κ2) is 13.8. The van der Waals surface area contributed by atoms with E-state index in [0.717, 1.165) is 5.75 Å². The van der Waals surface area contributed by atoms with Crippen molar-refractivity contribution in [3.63, 3.8) is 0 Å². The zero-order valence-corrected chi connectivity index (χ0v) is 17.5. The molecule has 0 rings (SSSR count). The maximum Gasteiger partial charge on any atom is 0.408 e. The number of nitrogens with zero attached hydrogens (tertiary/aromatic N) is 1. The molecule has 0 aromatic carbocycles. The number of ether oxygens (including phenoxy) is 1. The van der Waals surface area contributed by atoms with E-state index >= 15 is 0 Å². The van der Waals surface area contributed by atoms with E-state index in [1.54, 1.807) is 46.6 Å². The second-order valence-electron chi connectivity index (χ2n) is 6.51. The summed E-state index contributed by atoms with van der Waals surface area (Å²) >= 11 is 1.63. The number of likely N-dealkylation sites (N-methyl/N-ethyl adjacent to an activating group) is 3. The molecular weight excluding hydrogens is 344 g/mol. The molecule has 0 saturated heterocycles. The lowest BCUT2D eigenvalue weighted by Crippen LogP contribution is -2.47. The van der Waals surface area contributed by atoms with E-state index in [-0.39, 0.29) is 11.8 Å². The summed E-state index contributed by atoms with van der Waals surface area (Å²) in [5, 5.41) is 7.61. The van der Waals surface area contributed by atoms with Gasteiger partial charge in [0.1, 0.15) is 11.6 Å². The van der Waals surface area contributed by atoms with Crippen molar-refractivity contribution in [1.82, 2.24) is 20.9 Å². The Bertz CT molecular complexity index is 411. The Morgan fingerprint density at radius 3 is 2.00 bits per heavy atom. The Balaban J connectivity index is 0. The largest absolute Gasteiger partial charge is 0.444 e. The van der Waals surface area contributed by atoms with Crippen molar-refractivity contribution in [1.29, 1.82) is 0 Å².